The van der Waals surface area contributed by atoms with E-state index in [1.807, 2.05) is 0 Å². The van der Waals surface area contributed by atoms with E-state index in [0.29, 0.717) is 0 Å². The van der Waals surface area contributed by atoms with Crippen LogP contribution in [0.15, 0.2) is 0 Å². The summed E-state index contributed by atoms with van der Waals surface area (Å²) in [5, 5.41) is 37.1. The van der Waals surface area contributed by atoms with Crippen LogP contribution in [0.3, 0.4) is 0 Å². The van der Waals surface area contributed by atoms with Gasteiger partial charge in [-0.25, -0.2) is 28.0 Å². The minimum atomic E-state index is -1.51. The number of rotatable bonds is 12. The third-order valence-corrected chi connectivity index (χ3v) is 7.03. The largest absolute Gasteiger partial charge is 0.465 e. The first kappa shape index (κ1) is 45.0. The van der Waals surface area contributed by atoms with E-state index in [1.165, 1.54) is 0 Å². The van der Waals surface area contributed by atoms with Gasteiger partial charge in [0.1, 0.15) is 12.3 Å². The molecule has 0 aliphatic carbocycles. The van der Waals surface area contributed by atoms with Gasteiger partial charge in [-0.2, -0.15) is 0 Å². The molecule has 4 atom stereocenters. The van der Waals surface area contributed by atoms with Gasteiger partial charge in [-0.3, -0.25) is 9.80 Å². The fourth-order valence-corrected chi connectivity index (χ4v) is 5.01. The van der Waals surface area contributed by atoms with Crippen LogP contribution in [0.2, 0.25) is 0 Å². The predicted molar refractivity (Wildman–Crippen MR) is 173 cm³/mol. The molecule has 0 bridgehead atoms. The topological polar surface area (TPSA) is 214 Å². The lowest BCUT2D eigenvalue weighted by molar-refractivity contribution is 0.0457. The number of halogens is 2. The molecule has 0 aromatic heterocycles. The van der Waals surface area contributed by atoms with Crippen molar-refractivity contribution in [3.8, 4) is 0 Å². The van der Waals surface area contributed by atoms with E-state index in [9.17, 15) is 48.4 Å². The first-order valence-electron chi connectivity index (χ1n) is 15.2. The maximum atomic E-state index is 14.4. The fourth-order valence-electron chi connectivity index (χ4n) is 5.01. The molecular formula is C30H60F2N6O8. The molecular weight excluding hydrogens is 610 g/mol. The Morgan fingerprint density at radius 1 is 0.522 bits per heavy atom. The van der Waals surface area contributed by atoms with Gasteiger partial charge in [0, 0.05) is 48.1 Å². The summed E-state index contributed by atoms with van der Waals surface area (Å²) >= 11 is 0. The number of amides is 4. The molecule has 46 heavy (non-hydrogen) atoms. The standard InChI is InChI=1S/2C15H30FN3O4/c2*1-14(2,3)18(12(20)21)9-10(16)7-11(8-17)19(13(22)23)15(4,5)6/h2*10-11H,7-9,17H2,1-6H3,(H,20,21)(H,22,23)/t2*10-,11-/m00/s1. The number of nitrogens with zero attached hydrogens (tertiary/aromatic N) is 4. The highest BCUT2D eigenvalue weighted by molar-refractivity contribution is 5.67. The zero-order chi connectivity index (χ0) is 37.2. The highest BCUT2D eigenvalue weighted by atomic mass is 19.1. The monoisotopic (exact) mass is 670 g/mol. The molecule has 0 spiro atoms. The van der Waals surface area contributed by atoms with Crippen molar-refractivity contribution < 1.29 is 48.4 Å². The molecule has 0 rings (SSSR count). The van der Waals surface area contributed by atoms with E-state index in [4.69, 9.17) is 11.5 Å². The van der Waals surface area contributed by atoms with E-state index in [1.54, 1.807) is 83.1 Å². The molecule has 4 amide bonds. The van der Waals surface area contributed by atoms with Gasteiger partial charge in [-0.1, -0.05) is 0 Å². The van der Waals surface area contributed by atoms with E-state index >= 15 is 0 Å². The molecule has 0 aliphatic heterocycles. The maximum Gasteiger partial charge on any atom is 0.408 e. The quantitative estimate of drug-likeness (QED) is 0.160. The summed E-state index contributed by atoms with van der Waals surface area (Å²) in [5.74, 6) is 0. The van der Waals surface area contributed by atoms with Crippen molar-refractivity contribution in [3.63, 3.8) is 0 Å². The minimum absolute atomic E-state index is 0.0351. The van der Waals surface area contributed by atoms with Gasteiger partial charge in [-0.15, -0.1) is 0 Å². The van der Waals surface area contributed by atoms with Crippen molar-refractivity contribution in [1.82, 2.24) is 19.6 Å². The van der Waals surface area contributed by atoms with Crippen LogP contribution in [-0.2, 0) is 0 Å². The van der Waals surface area contributed by atoms with Gasteiger partial charge in [0.25, 0.3) is 0 Å². The van der Waals surface area contributed by atoms with E-state index in [-0.39, 0.29) is 39.0 Å². The summed E-state index contributed by atoms with van der Waals surface area (Å²) in [5.41, 5.74) is 8.31. The van der Waals surface area contributed by atoms with Crippen LogP contribution in [0.1, 0.15) is 95.9 Å². The molecule has 0 saturated carbocycles. The number of carboxylic acid groups (broad SMARTS) is 4. The van der Waals surface area contributed by atoms with Crippen molar-refractivity contribution >= 4 is 24.4 Å². The molecule has 0 heterocycles. The van der Waals surface area contributed by atoms with Crippen LogP contribution >= 0.6 is 0 Å². The van der Waals surface area contributed by atoms with E-state index in [2.05, 4.69) is 0 Å². The highest BCUT2D eigenvalue weighted by Crippen LogP contribution is 2.24. The Hall–Kier alpha value is -3.14. The molecule has 0 radical (unpaired) electrons. The van der Waals surface area contributed by atoms with Gasteiger partial charge in [0.15, 0.2) is 0 Å². The molecule has 0 aliphatic rings. The third-order valence-electron chi connectivity index (χ3n) is 7.03. The van der Waals surface area contributed by atoms with Gasteiger partial charge < -0.3 is 41.7 Å². The van der Waals surface area contributed by atoms with Crippen LogP contribution in [0.4, 0.5) is 28.0 Å². The first-order chi connectivity index (χ1) is 20.4. The summed E-state index contributed by atoms with van der Waals surface area (Å²) in [6, 6.07) is -1.45. The lowest BCUT2D eigenvalue weighted by Gasteiger charge is -2.40. The average Bonchev–Trinajstić information content (AvgIpc) is 2.81. The molecule has 8 N–H and O–H groups in total. The summed E-state index contributed by atoms with van der Waals surface area (Å²) in [6.45, 7) is 19.5. The Bertz CT molecular complexity index is 914. The van der Waals surface area contributed by atoms with Crippen molar-refractivity contribution in [3.05, 3.63) is 0 Å². The van der Waals surface area contributed by atoms with Crippen molar-refractivity contribution in [2.24, 2.45) is 11.5 Å². The summed E-state index contributed by atoms with van der Waals surface area (Å²) in [4.78, 5) is 49.7. The minimum Gasteiger partial charge on any atom is -0.465 e. The Kier molecular flexibility index (Phi) is 17.3. The number of nitrogens with two attached hydrogens (primary N) is 2. The molecule has 0 aromatic carbocycles. The smallest absolute Gasteiger partial charge is 0.408 e. The summed E-state index contributed by atoms with van der Waals surface area (Å²) < 4.78 is 28.8. The van der Waals surface area contributed by atoms with Gasteiger partial charge in [-0.05, 0) is 83.1 Å². The zero-order valence-corrected chi connectivity index (χ0v) is 29.7. The van der Waals surface area contributed by atoms with Crippen molar-refractivity contribution in [2.75, 3.05) is 26.2 Å². The zero-order valence-electron chi connectivity index (χ0n) is 29.7. The molecule has 14 nitrogen and oxygen atoms in total. The Balaban J connectivity index is 0. The van der Waals surface area contributed by atoms with Crippen LogP contribution in [-0.4, -0.2) is 137 Å². The van der Waals surface area contributed by atoms with E-state index < -0.39 is 71.0 Å². The maximum absolute atomic E-state index is 14.4. The van der Waals surface area contributed by atoms with Gasteiger partial charge in [0.05, 0.1) is 25.2 Å². The predicted octanol–water partition coefficient (Wildman–Crippen LogP) is 5.20. The molecule has 0 unspecified atom stereocenters. The Morgan fingerprint density at radius 2 is 0.761 bits per heavy atom. The second-order valence-electron chi connectivity index (χ2n) is 15.2. The molecule has 0 fully saturated rings. The van der Waals surface area contributed by atoms with E-state index in [0.717, 1.165) is 19.6 Å². The van der Waals surface area contributed by atoms with Crippen LogP contribution in [0, 0.1) is 0 Å². The summed E-state index contributed by atoms with van der Waals surface area (Å²) in [6.07, 6.45) is -8.10. The van der Waals surface area contributed by atoms with Gasteiger partial charge in [0.2, 0.25) is 0 Å². The van der Waals surface area contributed by atoms with Crippen molar-refractivity contribution in [2.45, 2.75) is 143 Å². The molecule has 0 aromatic rings. The second kappa shape index (κ2) is 17.7. The van der Waals surface area contributed by atoms with Crippen molar-refractivity contribution in [1.29, 1.82) is 0 Å². The molecule has 16 heteroatoms. The lowest BCUT2D eigenvalue weighted by Crippen LogP contribution is -2.55. The SMILES string of the molecule is CC(C)(C)N(C[C@@H](F)C[C@@H](CN)N(C(=O)O)C(C)(C)C)C(=O)O.CC(C)(C)N(C[C@@H](F)C[C@@H](CN)N(C(=O)O)C(C)(C)C)C(=O)O. The number of alkyl halides is 2. The lowest BCUT2D eigenvalue weighted by atomic mass is 9.99. The highest BCUT2D eigenvalue weighted by Gasteiger charge is 2.37. The fraction of sp³-hybridized carbons (Fsp3) is 0.867. The molecule has 0 saturated heterocycles. The number of carbonyl (C=O) groups is 4. The van der Waals surface area contributed by atoms with Gasteiger partial charge >= 0.3 is 24.4 Å². The van der Waals surface area contributed by atoms with Crippen LogP contribution in [0.5, 0.6) is 0 Å². The molecule has 272 valence electrons. The number of hydrogen-bond acceptors (Lipinski definition) is 6. The third kappa shape index (κ3) is 15.4. The number of hydrogen-bond donors (Lipinski definition) is 6. The average molecular weight is 671 g/mol. The Morgan fingerprint density at radius 3 is 0.891 bits per heavy atom. The summed E-state index contributed by atoms with van der Waals surface area (Å²) in [7, 11) is 0. The van der Waals surface area contributed by atoms with Crippen LogP contribution in [0.25, 0.3) is 0 Å². The first-order valence-corrected chi connectivity index (χ1v) is 15.2. The Labute approximate surface area is 272 Å². The van der Waals surface area contributed by atoms with Crippen LogP contribution < -0.4 is 11.5 Å². The second-order valence-corrected chi connectivity index (χ2v) is 15.2. The normalized spacial score (nSPS) is 15.0.